The molecule has 7 heteroatoms. The number of para-hydroxylation sites is 1. The van der Waals surface area contributed by atoms with Gasteiger partial charge in [0.1, 0.15) is 12.2 Å². The Morgan fingerprint density at radius 3 is 2.64 bits per heavy atom. The summed E-state index contributed by atoms with van der Waals surface area (Å²) >= 11 is 0. The van der Waals surface area contributed by atoms with E-state index in [1.165, 1.54) is 0 Å². The molecule has 0 bridgehead atoms. The fourth-order valence-electron chi connectivity index (χ4n) is 4.08. The highest BCUT2D eigenvalue weighted by atomic mass is 16.5. The summed E-state index contributed by atoms with van der Waals surface area (Å²) in [6.45, 7) is 7.45. The Kier molecular flexibility index (Phi) is 6.51. The zero-order valence-electron chi connectivity index (χ0n) is 19.2. The molecule has 0 saturated heterocycles. The zero-order valence-corrected chi connectivity index (χ0v) is 19.2. The van der Waals surface area contributed by atoms with Gasteiger partial charge in [-0.1, -0.05) is 30.9 Å². The molecule has 1 unspecified atom stereocenters. The Morgan fingerprint density at radius 2 is 1.91 bits per heavy atom. The summed E-state index contributed by atoms with van der Waals surface area (Å²) in [5, 5.41) is 0.458. The highest BCUT2D eigenvalue weighted by Gasteiger charge is 2.42. The third kappa shape index (κ3) is 4.24. The lowest BCUT2D eigenvalue weighted by Crippen LogP contribution is -2.35. The van der Waals surface area contributed by atoms with Crippen LogP contribution in [0.25, 0.3) is 11.0 Å². The number of ether oxygens (including phenoxy) is 2. The number of hydrogen-bond donors (Lipinski definition) is 0. The maximum Gasteiger partial charge on any atom is 0.290 e. The molecule has 0 saturated carbocycles. The molecule has 4 rings (SSSR count). The SMILES string of the molecule is C=CCOc1ccc(C2c3c(oc4ccccc4c3=O)C(=O)N2CCN(C)C)cc1OCC. The van der Waals surface area contributed by atoms with Gasteiger partial charge in [-0.3, -0.25) is 9.59 Å². The fourth-order valence-corrected chi connectivity index (χ4v) is 4.08. The van der Waals surface area contributed by atoms with E-state index in [1.807, 2.05) is 38.1 Å². The van der Waals surface area contributed by atoms with Gasteiger partial charge in [-0.25, -0.2) is 0 Å². The van der Waals surface area contributed by atoms with E-state index in [-0.39, 0.29) is 17.1 Å². The molecule has 172 valence electrons. The monoisotopic (exact) mass is 448 g/mol. The van der Waals surface area contributed by atoms with E-state index in [0.29, 0.717) is 54.3 Å². The molecule has 0 N–H and O–H groups in total. The van der Waals surface area contributed by atoms with Crippen LogP contribution in [0.5, 0.6) is 11.5 Å². The molecule has 0 fully saturated rings. The first-order valence-corrected chi connectivity index (χ1v) is 11.0. The minimum absolute atomic E-state index is 0.104. The summed E-state index contributed by atoms with van der Waals surface area (Å²) < 4.78 is 17.5. The van der Waals surface area contributed by atoms with Gasteiger partial charge in [0.15, 0.2) is 16.9 Å². The standard InChI is InChI=1S/C26H28N2O5/c1-5-15-32-20-12-11-17(16-21(20)31-6-2)23-22-24(29)18-9-7-8-10-19(18)33-25(22)26(30)28(23)14-13-27(3)4/h5,7-12,16,23H,1,6,13-15H2,2-4H3. The van der Waals surface area contributed by atoms with E-state index in [9.17, 15) is 9.59 Å². The van der Waals surface area contributed by atoms with Crippen molar-refractivity contribution in [1.29, 1.82) is 0 Å². The van der Waals surface area contributed by atoms with Gasteiger partial charge in [0.2, 0.25) is 5.76 Å². The summed E-state index contributed by atoms with van der Waals surface area (Å²) in [6, 6.07) is 11.9. The maximum absolute atomic E-state index is 13.5. The van der Waals surface area contributed by atoms with Crippen molar-refractivity contribution >= 4 is 16.9 Å². The molecule has 7 nitrogen and oxygen atoms in total. The second-order valence-corrected chi connectivity index (χ2v) is 8.11. The third-order valence-electron chi connectivity index (χ3n) is 5.60. The molecule has 3 aromatic rings. The predicted molar refractivity (Wildman–Crippen MR) is 127 cm³/mol. The van der Waals surface area contributed by atoms with E-state index < -0.39 is 6.04 Å². The van der Waals surface area contributed by atoms with E-state index in [2.05, 4.69) is 6.58 Å². The average Bonchev–Trinajstić information content (AvgIpc) is 3.09. The number of likely N-dealkylation sites (N-methyl/N-ethyl adjacent to an activating group) is 1. The van der Waals surface area contributed by atoms with E-state index in [0.717, 1.165) is 5.56 Å². The van der Waals surface area contributed by atoms with Crippen LogP contribution in [0.1, 0.15) is 34.6 Å². The number of amides is 1. The summed E-state index contributed by atoms with van der Waals surface area (Å²) in [5.74, 6) is 0.947. The number of benzene rings is 2. The third-order valence-corrected chi connectivity index (χ3v) is 5.60. The van der Waals surface area contributed by atoms with Crippen LogP contribution < -0.4 is 14.9 Å². The molecule has 1 aromatic heterocycles. The van der Waals surface area contributed by atoms with Crippen molar-refractivity contribution in [2.24, 2.45) is 0 Å². The fraction of sp³-hybridized carbons (Fsp3) is 0.308. The van der Waals surface area contributed by atoms with E-state index in [4.69, 9.17) is 13.9 Å². The molecular weight excluding hydrogens is 420 g/mol. The van der Waals surface area contributed by atoms with Crippen LogP contribution in [0, 0.1) is 0 Å². The molecule has 33 heavy (non-hydrogen) atoms. The normalized spacial score (nSPS) is 15.2. The van der Waals surface area contributed by atoms with Crippen LogP contribution in [0.3, 0.4) is 0 Å². The Labute approximate surface area is 192 Å². The lowest BCUT2D eigenvalue weighted by molar-refractivity contribution is 0.0716. The molecule has 2 aromatic carbocycles. The van der Waals surface area contributed by atoms with Crippen LogP contribution in [-0.2, 0) is 0 Å². The minimum atomic E-state index is -0.582. The van der Waals surface area contributed by atoms with Crippen molar-refractivity contribution in [1.82, 2.24) is 9.80 Å². The first kappa shape index (κ1) is 22.6. The molecule has 2 heterocycles. The first-order chi connectivity index (χ1) is 16.0. The largest absolute Gasteiger partial charge is 0.490 e. The number of carbonyl (C=O) groups excluding carboxylic acids is 1. The van der Waals surface area contributed by atoms with Gasteiger partial charge in [0.05, 0.1) is 23.6 Å². The highest BCUT2D eigenvalue weighted by molar-refractivity contribution is 5.99. The van der Waals surface area contributed by atoms with Gasteiger partial charge in [-0.05, 0) is 50.8 Å². The summed E-state index contributed by atoms with van der Waals surface area (Å²) in [6.07, 6.45) is 1.66. The number of carbonyl (C=O) groups is 1. The molecular formula is C26H28N2O5. The lowest BCUT2D eigenvalue weighted by Gasteiger charge is -2.27. The van der Waals surface area contributed by atoms with Gasteiger partial charge in [-0.2, -0.15) is 0 Å². The van der Waals surface area contributed by atoms with Gasteiger partial charge in [0.25, 0.3) is 5.91 Å². The average molecular weight is 449 g/mol. The Balaban J connectivity index is 1.88. The maximum atomic E-state index is 13.5. The van der Waals surface area contributed by atoms with Gasteiger partial charge >= 0.3 is 0 Å². The van der Waals surface area contributed by atoms with Crippen molar-refractivity contribution in [3.8, 4) is 11.5 Å². The number of hydrogen-bond acceptors (Lipinski definition) is 6. The minimum Gasteiger partial charge on any atom is -0.490 e. The van der Waals surface area contributed by atoms with Crippen molar-refractivity contribution in [3.63, 3.8) is 0 Å². The van der Waals surface area contributed by atoms with Crippen LogP contribution >= 0.6 is 0 Å². The number of nitrogens with zero attached hydrogens (tertiary/aromatic N) is 2. The van der Waals surface area contributed by atoms with Crippen LogP contribution in [-0.4, -0.2) is 56.1 Å². The number of fused-ring (bicyclic) bond motifs is 2. The quantitative estimate of drug-likeness (QED) is 0.463. The Morgan fingerprint density at radius 1 is 1.12 bits per heavy atom. The van der Waals surface area contributed by atoms with Gasteiger partial charge < -0.3 is 23.7 Å². The van der Waals surface area contributed by atoms with Crippen molar-refractivity contribution in [2.45, 2.75) is 13.0 Å². The second kappa shape index (κ2) is 9.50. The van der Waals surface area contributed by atoms with Crippen molar-refractivity contribution in [2.75, 3.05) is 40.4 Å². The summed E-state index contributed by atoms with van der Waals surface area (Å²) in [7, 11) is 3.89. The van der Waals surface area contributed by atoms with E-state index >= 15 is 0 Å². The predicted octanol–water partition coefficient (Wildman–Crippen LogP) is 3.86. The smallest absolute Gasteiger partial charge is 0.290 e. The number of rotatable bonds is 9. The van der Waals surface area contributed by atoms with Gasteiger partial charge in [0, 0.05) is 13.1 Å². The highest BCUT2D eigenvalue weighted by Crippen LogP contribution is 2.40. The van der Waals surface area contributed by atoms with E-state index in [1.54, 1.807) is 41.3 Å². The molecule has 1 aliphatic heterocycles. The van der Waals surface area contributed by atoms with Crippen LogP contribution in [0.15, 0.2) is 64.3 Å². The lowest BCUT2D eigenvalue weighted by atomic mass is 9.98. The van der Waals surface area contributed by atoms with Crippen LogP contribution in [0.2, 0.25) is 0 Å². The Hall–Kier alpha value is -3.58. The first-order valence-electron chi connectivity index (χ1n) is 11.0. The van der Waals surface area contributed by atoms with Gasteiger partial charge in [-0.15, -0.1) is 0 Å². The molecule has 1 amide bonds. The molecule has 1 atom stereocenters. The van der Waals surface area contributed by atoms with Crippen molar-refractivity contribution < 1.29 is 18.7 Å². The second-order valence-electron chi connectivity index (χ2n) is 8.11. The summed E-state index contributed by atoms with van der Waals surface area (Å²) in [4.78, 5) is 30.6. The Bertz CT molecular complexity index is 1250. The summed E-state index contributed by atoms with van der Waals surface area (Å²) in [5.41, 5.74) is 1.34. The van der Waals surface area contributed by atoms with Crippen molar-refractivity contribution in [3.05, 3.63) is 82.2 Å². The zero-order chi connectivity index (χ0) is 23.5. The molecule has 0 spiro atoms. The molecule has 0 radical (unpaired) electrons. The molecule has 0 aliphatic carbocycles. The molecule has 1 aliphatic rings. The van der Waals surface area contributed by atoms with Crippen LogP contribution in [0.4, 0.5) is 0 Å². The topological polar surface area (TPSA) is 72.2 Å².